The van der Waals surface area contributed by atoms with Crippen LogP contribution in [0.4, 0.5) is 11.4 Å². The number of rotatable bonds is 5. The molecule has 0 bridgehead atoms. The Morgan fingerprint density at radius 1 is 1.12 bits per heavy atom. The van der Waals surface area contributed by atoms with Crippen molar-refractivity contribution in [3.8, 4) is 0 Å². The van der Waals surface area contributed by atoms with Crippen LogP contribution in [0.15, 0.2) is 18.2 Å². The number of hydrogen-bond acceptors (Lipinski definition) is 6. The monoisotopic (exact) mass is 242 g/mol. The first-order valence-corrected chi connectivity index (χ1v) is 4.65. The molecule has 0 unspecified atom stereocenters. The molecule has 1 aromatic carbocycles. The molecule has 0 fully saturated rings. The number of aliphatic hydroxyl groups is 2. The summed E-state index contributed by atoms with van der Waals surface area (Å²) in [5, 5.41) is 39.1. The highest BCUT2D eigenvalue weighted by Crippen LogP contribution is 2.30. The Morgan fingerprint density at radius 2 is 1.71 bits per heavy atom. The van der Waals surface area contributed by atoms with Crippen LogP contribution >= 0.6 is 0 Å². The molecule has 0 saturated heterocycles. The number of nitrogens with zero attached hydrogens (tertiary/aromatic N) is 2. The molecule has 0 atom stereocenters. The molecule has 2 N–H and O–H groups in total. The van der Waals surface area contributed by atoms with Gasteiger partial charge in [0.1, 0.15) is 0 Å². The minimum atomic E-state index is -0.823. The summed E-state index contributed by atoms with van der Waals surface area (Å²) in [6.45, 7) is -0.954. The maximum Gasteiger partial charge on any atom is 0.279 e. The fraction of sp³-hybridized carbons (Fsp3) is 0.333. The molecule has 1 rings (SSSR count). The molecule has 0 aliphatic rings. The second-order valence-electron chi connectivity index (χ2n) is 3.32. The van der Waals surface area contributed by atoms with Gasteiger partial charge in [0.25, 0.3) is 11.4 Å². The molecular formula is C9H10N2O6. The largest absolute Gasteiger partial charge is 0.396 e. The van der Waals surface area contributed by atoms with Gasteiger partial charge in [0, 0.05) is 17.5 Å². The molecule has 0 spiro atoms. The van der Waals surface area contributed by atoms with E-state index in [9.17, 15) is 20.2 Å². The van der Waals surface area contributed by atoms with Gasteiger partial charge in [-0.3, -0.25) is 20.2 Å². The summed E-state index contributed by atoms with van der Waals surface area (Å²) >= 11 is 0. The zero-order chi connectivity index (χ0) is 13.0. The third-order valence-electron chi connectivity index (χ3n) is 2.30. The third kappa shape index (κ3) is 2.74. The van der Waals surface area contributed by atoms with Gasteiger partial charge in [-0.2, -0.15) is 0 Å². The van der Waals surface area contributed by atoms with Gasteiger partial charge in [-0.05, 0) is 6.07 Å². The molecule has 0 aromatic heterocycles. The average Bonchev–Trinajstić information content (AvgIpc) is 2.30. The Labute approximate surface area is 95.4 Å². The van der Waals surface area contributed by atoms with Crippen LogP contribution in [-0.2, 0) is 0 Å². The van der Waals surface area contributed by atoms with Crippen molar-refractivity contribution in [1.29, 1.82) is 0 Å². The fourth-order valence-electron chi connectivity index (χ4n) is 1.40. The van der Waals surface area contributed by atoms with E-state index in [1.165, 1.54) is 6.07 Å². The number of nitro benzene ring substituents is 2. The molecule has 17 heavy (non-hydrogen) atoms. The van der Waals surface area contributed by atoms with Crippen LogP contribution in [-0.4, -0.2) is 33.3 Å². The molecule has 1 aromatic rings. The molecule has 92 valence electrons. The predicted molar refractivity (Wildman–Crippen MR) is 56.7 cm³/mol. The standard InChI is InChI=1S/C9H10N2O6/c12-4-6(5-13)8-2-1-7(10(14)15)3-9(8)11(16)17/h1-3,6,12-13H,4-5H2. The van der Waals surface area contributed by atoms with Crippen molar-refractivity contribution in [2.75, 3.05) is 13.2 Å². The molecule has 0 amide bonds. The predicted octanol–water partition coefficient (Wildman–Crippen LogP) is 0.571. The summed E-state index contributed by atoms with van der Waals surface area (Å²) < 4.78 is 0. The van der Waals surface area contributed by atoms with E-state index in [1.807, 2.05) is 0 Å². The first-order chi connectivity index (χ1) is 8.01. The molecule has 8 heteroatoms. The number of hydrogen-bond donors (Lipinski definition) is 2. The second kappa shape index (κ2) is 5.32. The van der Waals surface area contributed by atoms with Crippen molar-refractivity contribution in [3.05, 3.63) is 44.0 Å². The number of nitro groups is 2. The van der Waals surface area contributed by atoms with E-state index in [0.29, 0.717) is 0 Å². The van der Waals surface area contributed by atoms with Crippen LogP contribution in [0, 0.1) is 20.2 Å². The zero-order valence-corrected chi connectivity index (χ0v) is 8.65. The quantitative estimate of drug-likeness (QED) is 0.574. The van der Waals surface area contributed by atoms with Gasteiger partial charge in [-0.15, -0.1) is 0 Å². The number of non-ortho nitro benzene ring substituents is 1. The Kier molecular flexibility index (Phi) is 4.07. The highest BCUT2D eigenvalue weighted by molar-refractivity contribution is 5.50. The van der Waals surface area contributed by atoms with E-state index < -0.39 is 40.4 Å². The van der Waals surface area contributed by atoms with Crippen molar-refractivity contribution in [1.82, 2.24) is 0 Å². The summed E-state index contributed by atoms with van der Waals surface area (Å²) in [5.41, 5.74) is -0.812. The lowest BCUT2D eigenvalue weighted by Gasteiger charge is -2.10. The topological polar surface area (TPSA) is 127 Å². The lowest BCUT2D eigenvalue weighted by Crippen LogP contribution is -2.11. The Hall–Kier alpha value is -2.06. The van der Waals surface area contributed by atoms with Crippen LogP contribution in [0.5, 0.6) is 0 Å². The first-order valence-electron chi connectivity index (χ1n) is 4.65. The number of aliphatic hydroxyl groups excluding tert-OH is 2. The van der Waals surface area contributed by atoms with Gasteiger partial charge in [0.2, 0.25) is 0 Å². The van der Waals surface area contributed by atoms with E-state index in [-0.39, 0.29) is 5.56 Å². The molecule has 0 aliphatic heterocycles. The molecule has 0 heterocycles. The summed E-state index contributed by atoms with van der Waals surface area (Å²) in [6.07, 6.45) is 0. The van der Waals surface area contributed by atoms with Gasteiger partial charge in [-0.25, -0.2) is 0 Å². The van der Waals surface area contributed by atoms with Crippen molar-refractivity contribution in [2.45, 2.75) is 5.92 Å². The van der Waals surface area contributed by atoms with E-state index in [0.717, 1.165) is 12.1 Å². The average molecular weight is 242 g/mol. The minimum absolute atomic E-state index is 0.0746. The van der Waals surface area contributed by atoms with E-state index in [1.54, 1.807) is 0 Å². The molecular weight excluding hydrogens is 232 g/mol. The normalized spacial score (nSPS) is 10.5. The van der Waals surface area contributed by atoms with Crippen molar-refractivity contribution in [3.63, 3.8) is 0 Å². The van der Waals surface area contributed by atoms with Gasteiger partial charge in [0.05, 0.1) is 29.1 Å². The Balaban J connectivity index is 3.31. The summed E-state index contributed by atoms with van der Waals surface area (Å²) in [6, 6.07) is 3.08. The van der Waals surface area contributed by atoms with E-state index in [2.05, 4.69) is 0 Å². The number of benzene rings is 1. The highest BCUT2D eigenvalue weighted by atomic mass is 16.6. The van der Waals surface area contributed by atoms with Crippen molar-refractivity contribution in [2.24, 2.45) is 0 Å². The maximum absolute atomic E-state index is 10.8. The summed E-state index contributed by atoms with van der Waals surface area (Å²) in [4.78, 5) is 19.7. The lowest BCUT2D eigenvalue weighted by atomic mass is 9.98. The van der Waals surface area contributed by atoms with Crippen molar-refractivity contribution < 1.29 is 20.1 Å². The van der Waals surface area contributed by atoms with Gasteiger partial charge in [0.15, 0.2) is 0 Å². The van der Waals surface area contributed by atoms with Crippen molar-refractivity contribution >= 4 is 11.4 Å². The minimum Gasteiger partial charge on any atom is -0.396 e. The Bertz CT molecular complexity index is 443. The van der Waals surface area contributed by atoms with Crippen LogP contribution in [0.2, 0.25) is 0 Å². The highest BCUT2D eigenvalue weighted by Gasteiger charge is 2.24. The second-order valence-corrected chi connectivity index (χ2v) is 3.32. The molecule has 8 nitrogen and oxygen atoms in total. The smallest absolute Gasteiger partial charge is 0.279 e. The zero-order valence-electron chi connectivity index (χ0n) is 8.65. The lowest BCUT2D eigenvalue weighted by molar-refractivity contribution is -0.394. The Morgan fingerprint density at radius 3 is 2.12 bits per heavy atom. The van der Waals surface area contributed by atoms with Crippen LogP contribution in [0.25, 0.3) is 0 Å². The van der Waals surface area contributed by atoms with Crippen LogP contribution < -0.4 is 0 Å². The molecule has 0 aliphatic carbocycles. The maximum atomic E-state index is 10.8. The van der Waals surface area contributed by atoms with Gasteiger partial charge >= 0.3 is 0 Å². The molecule has 0 saturated carbocycles. The van der Waals surface area contributed by atoms with Crippen LogP contribution in [0.3, 0.4) is 0 Å². The van der Waals surface area contributed by atoms with Crippen LogP contribution in [0.1, 0.15) is 11.5 Å². The third-order valence-corrected chi connectivity index (χ3v) is 2.30. The summed E-state index contributed by atoms with van der Waals surface area (Å²) in [7, 11) is 0. The van der Waals surface area contributed by atoms with Gasteiger partial charge < -0.3 is 10.2 Å². The first kappa shape index (κ1) is 13.0. The SMILES string of the molecule is O=[N+]([O-])c1ccc(C(CO)CO)c([N+](=O)[O-])c1. The summed E-state index contributed by atoms with van der Waals surface area (Å²) in [5.74, 6) is -0.823. The molecule has 0 radical (unpaired) electrons. The van der Waals surface area contributed by atoms with E-state index >= 15 is 0 Å². The van der Waals surface area contributed by atoms with E-state index in [4.69, 9.17) is 10.2 Å². The fourth-order valence-corrected chi connectivity index (χ4v) is 1.40. The van der Waals surface area contributed by atoms with Gasteiger partial charge in [-0.1, -0.05) is 0 Å².